The molecule has 0 saturated heterocycles. The summed E-state index contributed by atoms with van der Waals surface area (Å²) in [5.41, 5.74) is 3.02. The van der Waals surface area contributed by atoms with Crippen LogP contribution in [0, 0.1) is 0 Å². The maximum Gasteiger partial charge on any atom is 0.235 e. The summed E-state index contributed by atoms with van der Waals surface area (Å²) in [6.07, 6.45) is 1.83. The van der Waals surface area contributed by atoms with Crippen molar-refractivity contribution in [2.45, 2.75) is 0 Å². The quantitative estimate of drug-likeness (QED) is 0.478. The van der Waals surface area contributed by atoms with Gasteiger partial charge in [-0.1, -0.05) is 23.7 Å². The Hall–Kier alpha value is -2.13. The molecule has 0 aliphatic heterocycles. The number of fused-ring (bicyclic) bond motifs is 5. The zero-order chi connectivity index (χ0) is 12.1. The summed E-state index contributed by atoms with van der Waals surface area (Å²) in [7, 11) is 0. The Morgan fingerprint density at radius 2 is 1.89 bits per heavy atom. The van der Waals surface area contributed by atoms with Crippen molar-refractivity contribution in [3.8, 4) is 0 Å². The molecule has 0 amide bonds. The molecule has 0 radical (unpaired) electrons. The van der Waals surface area contributed by atoms with Crippen LogP contribution in [-0.2, 0) is 0 Å². The fourth-order valence-corrected chi connectivity index (χ4v) is 2.45. The number of hydrogen-bond acceptors (Lipinski definition) is 2. The van der Waals surface area contributed by atoms with Crippen molar-refractivity contribution in [3.63, 3.8) is 0 Å². The minimum atomic E-state index is 0.700. The molecule has 4 aromatic rings. The molecule has 0 saturated carbocycles. The van der Waals surface area contributed by atoms with Gasteiger partial charge in [-0.05, 0) is 30.3 Å². The number of nitrogens with zero attached hydrogens (tertiary/aromatic N) is 3. The molecular weight excluding hydrogens is 246 g/mol. The van der Waals surface area contributed by atoms with E-state index in [0.717, 1.165) is 21.9 Å². The lowest BCUT2D eigenvalue weighted by atomic mass is 10.2. The predicted molar refractivity (Wildman–Crippen MR) is 73.0 cm³/mol. The summed E-state index contributed by atoms with van der Waals surface area (Å²) in [5.74, 6) is 0.700. The summed E-state index contributed by atoms with van der Waals surface area (Å²) in [4.78, 5) is 8.89. The van der Waals surface area contributed by atoms with Crippen molar-refractivity contribution in [1.82, 2.24) is 14.4 Å². The zero-order valence-corrected chi connectivity index (χ0v) is 10.1. The third-order valence-corrected chi connectivity index (χ3v) is 3.33. The highest BCUT2D eigenvalue weighted by Gasteiger charge is 2.08. The Balaban J connectivity index is 2.35. The number of benzene rings is 2. The van der Waals surface area contributed by atoms with Gasteiger partial charge in [0.15, 0.2) is 0 Å². The zero-order valence-electron chi connectivity index (χ0n) is 9.34. The summed E-state index contributed by atoms with van der Waals surface area (Å²) in [6.45, 7) is 0. The van der Waals surface area contributed by atoms with E-state index in [0.29, 0.717) is 10.8 Å². The highest BCUT2D eigenvalue weighted by atomic mass is 35.5. The number of hydrogen-bond donors (Lipinski definition) is 0. The van der Waals surface area contributed by atoms with Gasteiger partial charge in [0.05, 0.1) is 16.6 Å². The molecule has 0 unspecified atom stereocenters. The molecule has 4 heteroatoms. The van der Waals surface area contributed by atoms with E-state index < -0.39 is 0 Å². The van der Waals surface area contributed by atoms with Crippen LogP contribution in [0.15, 0.2) is 48.7 Å². The van der Waals surface area contributed by atoms with Crippen LogP contribution in [0.1, 0.15) is 0 Å². The van der Waals surface area contributed by atoms with Crippen LogP contribution in [0.25, 0.3) is 27.7 Å². The molecule has 0 N–H and O–H groups in total. The van der Waals surface area contributed by atoms with Crippen molar-refractivity contribution in [1.29, 1.82) is 0 Å². The molecule has 2 aromatic heterocycles. The highest BCUT2D eigenvalue weighted by molar-refractivity contribution is 6.31. The van der Waals surface area contributed by atoms with E-state index in [1.54, 1.807) is 0 Å². The van der Waals surface area contributed by atoms with Gasteiger partial charge < -0.3 is 0 Å². The second-order valence-corrected chi connectivity index (χ2v) is 4.63. The standard InChI is InChI=1S/C14H8ClN3/c15-10-6-5-9-8-16-14-17-11-3-1-2-4-12(11)18(14)13(9)7-10/h1-8H. The number of imidazole rings is 1. The smallest absolute Gasteiger partial charge is 0.235 e. The molecule has 0 aliphatic carbocycles. The minimum Gasteiger partial charge on any atom is -0.276 e. The second-order valence-electron chi connectivity index (χ2n) is 4.20. The van der Waals surface area contributed by atoms with E-state index >= 15 is 0 Å². The first kappa shape index (κ1) is 9.85. The Labute approximate surface area is 108 Å². The van der Waals surface area contributed by atoms with Crippen LogP contribution >= 0.6 is 11.6 Å². The summed E-state index contributed by atoms with van der Waals surface area (Å²) < 4.78 is 2.04. The largest absolute Gasteiger partial charge is 0.276 e. The van der Waals surface area contributed by atoms with E-state index in [4.69, 9.17) is 11.6 Å². The summed E-state index contributed by atoms with van der Waals surface area (Å²) in [6, 6.07) is 13.8. The molecule has 0 fully saturated rings. The average molecular weight is 254 g/mol. The molecular formula is C14H8ClN3. The van der Waals surface area contributed by atoms with Gasteiger partial charge in [0.25, 0.3) is 0 Å². The van der Waals surface area contributed by atoms with Gasteiger partial charge >= 0.3 is 0 Å². The van der Waals surface area contributed by atoms with Gasteiger partial charge in [0.1, 0.15) is 0 Å². The normalized spacial score (nSPS) is 11.6. The van der Waals surface area contributed by atoms with Crippen molar-refractivity contribution in [3.05, 3.63) is 53.7 Å². The number of para-hydroxylation sites is 2. The second kappa shape index (κ2) is 3.43. The van der Waals surface area contributed by atoms with E-state index in [9.17, 15) is 0 Å². The first-order valence-corrected chi connectivity index (χ1v) is 6.02. The maximum absolute atomic E-state index is 6.08. The van der Waals surface area contributed by atoms with Crippen LogP contribution in [0.5, 0.6) is 0 Å². The topological polar surface area (TPSA) is 30.2 Å². The molecule has 18 heavy (non-hydrogen) atoms. The summed E-state index contributed by atoms with van der Waals surface area (Å²) >= 11 is 6.08. The SMILES string of the molecule is Clc1ccc2cnc3nc4ccccc4n3c2c1. The lowest BCUT2D eigenvalue weighted by Gasteiger charge is -2.02. The van der Waals surface area contributed by atoms with Gasteiger partial charge in [-0.3, -0.25) is 4.40 Å². The third-order valence-electron chi connectivity index (χ3n) is 3.10. The number of halogens is 1. The molecule has 2 heterocycles. The monoisotopic (exact) mass is 253 g/mol. The Bertz CT molecular complexity index is 895. The van der Waals surface area contributed by atoms with Crippen LogP contribution in [0.2, 0.25) is 5.02 Å². The Morgan fingerprint density at radius 3 is 2.83 bits per heavy atom. The summed E-state index contributed by atoms with van der Waals surface area (Å²) in [5, 5.41) is 1.77. The maximum atomic E-state index is 6.08. The van der Waals surface area contributed by atoms with Crippen molar-refractivity contribution in [2.75, 3.05) is 0 Å². The van der Waals surface area contributed by atoms with Crippen LogP contribution in [0.4, 0.5) is 0 Å². The first-order valence-electron chi connectivity index (χ1n) is 5.64. The van der Waals surface area contributed by atoms with Crippen LogP contribution in [0.3, 0.4) is 0 Å². The molecule has 0 aliphatic rings. The van der Waals surface area contributed by atoms with Gasteiger partial charge in [-0.2, -0.15) is 0 Å². The number of rotatable bonds is 0. The number of aromatic nitrogens is 3. The van der Waals surface area contributed by atoms with Gasteiger partial charge in [0, 0.05) is 16.6 Å². The van der Waals surface area contributed by atoms with Crippen LogP contribution < -0.4 is 0 Å². The molecule has 3 nitrogen and oxygen atoms in total. The predicted octanol–water partition coefficient (Wildman–Crippen LogP) is 3.69. The minimum absolute atomic E-state index is 0.700. The van der Waals surface area contributed by atoms with Gasteiger partial charge in [-0.15, -0.1) is 0 Å². The lowest BCUT2D eigenvalue weighted by molar-refractivity contribution is 1.19. The molecule has 0 bridgehead atoms. The van der Waals surface area contributed by atoms with E-state index in [2.05, 4.69) is 9.97 Å². The Morgan fingerprint density at radius 1 is 1.00 bits per heavy atom. The highest BCUT2D eigenvalue weighted by Crippen LogP contribution is 2.23. The molecule has 86 valence electrons. The van der Waals surface area contributed by atoms with Crippen LogP contribution in [-0.4, -0.2) is 14.4 Å². The average Bonchev–Trinajstić information content (AvgIpc) is 2.77. The molecule has 2 aromatic carbocycles. The van der Waals surface area contributed by atoms with Gasteiger partial charge in [0.2, 0.25) is 5.78 Å². The third kappa shape index (κ3) is 1.25. The fraction of sp³-hybridized carbons (Fsp3) is 0. The lowest BCUT2D eigenvalue weighted by Crippen LogP contribution is -1.91. The molecule has 0 spiro atoms. The van der Waals surface area contributed by atoms with Crippen molar-refractivity contribution >= 4 is 39.3 Å². The van der Waals surface area contributed by atoms with E-state index in [-0.39, 0.29) is 0 Å². The van der Waals surface area contributed by atoms with Crippen molar-refractivity contribution < 1.29 is 0 Å². The van der Waals surface area contributed by atoms with Gasteiger partial charge in [-0.25, -0.2) is 9.97 Å². The van der Waals surface area contributed by atoms with E-state index in [1.807, 2.05) is 53.1 Å². The molecule has 0 atom stereocenters. The molecule has 4 rings (SSSR count). The fourth-order valence-electron chi connectivity index (χ4n) is 2.28. The Kier molecular flexibility index (Phi) is 1.88. The first-order chi connectivity index (χ1) is 8.83. The van der Waals surface area contributed by atoms with E-state index in [1.165, 1.54) is 0 Å². The van der Waals surface area contributed by atoms with Crippen molar-refractivity contribution in [2.24, 2.45) is 0 Å².